The molecule has 2 aromatic carbocycles. The van der Waals surface area contributed by atoms with Crippen LogP contribution in [0.25, 0.3) is 5.69 Å². The topological polar surface area (TPSA) is 51.0 Å². The Morgan fingerprint density at radius 3 is 2.28 bits per heavy atom. The molecule has 0 N–H and O–H groups in total. The monoisotopic (exact) mass is 404 g/mol. The van der Waals surface area contributed by atoms with Gasteiger partial charge in [0.2, 0.25) is 11.1 Å². The Morgan fingerprint density at radius 1 is 0.966 bits per heavy atom. The molecule has 1 amide bonds. The molecule has 1 aromatic heterocycles. The molecule has 1 atom stereocenters. The van der Waals surface area contributed by atoms with E-state index < -0.39 is 0 Å². The zero-order valence-corrected chi connectivity index (χ0v) is 17.1. The summed E-state index contributed by atoms with van der Waals surface area (Å²) < 4.78 is 1.96. The van der Waals surface area contributed by atoms with Crippen molar-refractivity contribution in [2.75, 3.05) is 13.1 Å². The minimum atomic E-state index is -0.312. The van der Waals surface area contributed by atoms with Gasteiger partial charge in [0.05, 0.1) is 5.69 Å². The summed E-state index contributed by atoms with van der Waals surface area (Å²) in [6.07, 6.45) is 4.49. The Bertz CT molecular complexity index is 979. The van der Waals surface area contributed by atoms with E-state index in [2.05, 4.69) is 12.1 Å². The van der Waals surface area contributed by atoms with Gasteiger partial charge in [0, 0.05) is 19.0 Å². The Hall–Kier alpha value is -2.60. The summed E-state index contributed by atoms with van der Waals surface area (Å²) in [5.74, 6) is 1.66. The molecule has 2 aliphatic rings. The molecule has 3 aromatic rings. The lowest BCUT2D eigenvalue weighted by atomic mass is 10.1. The first kappa shape index (κ1) is 18.4. The smallest absolute Gasteiger partial charge is 0.240 e. The molecule has 2 heterocycles. The summed E-state index contributed by atoms with van der Waals surface area (Å²) in [5, 5.41) is 5.18. The van der Waals surface area contributed by atoms with E-state index in [4.69, 9.17) is 10.1 Å². The molecule has 1 unspecified atom stereocenters. The minimum Gasteiger partial charge on any atom is -0.341 e. The number of carbonyl (C=O) groups excluding carboxylic acids is 1. The van der Waals surface area contributed by atoms with Crippen LogP contribution in [0.3, 0.4) is 0 Å². The van der Waals surface area contributed by atoms with Gasteiger partial charge < -0.3 is 4.90 Å². The molecule has 2 fully saturated rings. The molecule has 6 heteroatoms. The van der Waals surface area contributed by atoms with Gasteiger partial charge in [0.25, 0.3) is 0 Å². The van der Waals surface area contributed by atoms with E-state index in [-0.39, 0.29) is 11.2 Å². The third-order valence-electron chi connectivity index (χ3n) is 5.52. The number of rotatable bonds is 6. The standard InChI is InChI=1S/C23H24N4OS/c28-22(26-15-7-8-16-26)20(17-9-3-1-4-10-17)29-23-24-21(18-13-14-18)27(25-23)19-11-5-2-6-12-19/h1-6,9-12,18,20H,7-8,13-16H2. The molecule has 0 bridgehead atoms. The van der Waals surface area contributed by atoms with Gasteiger partial charge in [0.15, 0.2) is 0 Å². The van der Waals surface area contributed by atoms with Crippen molar-refractivity contribution in [2.24, 2.45) is 0 Å². The van der Waals surface area contributed by atoms with Crippen LogP contribution in [0, 0.1) is 0 Å². The number of nitrogens with zero attached hydrogens (tertiary/aromatic N) is 4. The van der Waals surface area contributed by atoms with Gasteiger partial charge in [-0.1, -0.05) is 60.3 Å². The number of likely N-dealkylation sites (tertiary alicyclic amines) is 1. The van der Waals surface area contributed by atoms with E-state index in [9.17, 15) is 4.79 Å². The van der Waals surface area contributed by atoms with Crippen molar-refractivity contribution in [2.45, 2.75) is 42.0 Å². The van der Waals surface area contributed by atoms with E-state index in [0.29, 0.717) is 11.1 Å². The number of carbonyl (C=O) groups is 1. The normalized spacial score (nSPS) is 17.4. The average molecular weight is 405 g/mol. The van der Waals surface area contributed by atoms with Crippen LogP contribution in [-0.2, 0) is 4.79 Å². The fraction of sp³-hybridized carbons (Fsp3) is 0.348. The van der Waals surface area contributed by atoms with Crippen molar-refractivity contribution in [1.29, 1.82) is 0 Å². The van der Waals surface area contributed by atoms with E-state index in [1.165, 1.54) is 11.8 Å². The summed E-state index contributed by atoms with van der Waals surface area (Å²) in [7, 11) is 0. The molecule has 148 valence electrons. The van der Waals surface area contributed by atoms with E-state index in [1.807, 2.05) is 58.1 Å². The average Bonchev–Trinajstić information content (AvgIpc) is 3.30. The van der Waals surface area contributed by atoms with Crippen LogP contribution in [-0.4, -0.2) is 38.7 Å². The number of amides is 1. The first-order valence-electron chi connectivity index (χ1n) is 10.3. The Morgan fingerprint density at radius 2 is 1.62 bits per heavy atom. The fourth-order valence-corrected chi connectivity index (χ4v) is 4.85. The maximum absolute atomic E-state index is 13.3. The second-order valence-electron chi connectivity index (χ2n) is 7.72. The molecule has 5 nitrogen and oxygen atoms in total. The van der Waals surface area contributed by atoms with Crippen molar-refractivity contribution in [3.8, 4) is 5.69 Å². The van der Waals surface area contributed by atoms with Crippen LogP contribution in [0.4, 0.5) is 0 Å². The lowest BCUT2D eigenvalue weighted by Gasteiger charge is -2.22. The summed E-state index contributed by atoms with van der Waals surface area (Å²) in [6, 6.07) is 20.2. The van der Waals surface area contributed by atoms with E-state index in [0.717, 1.165) is 55.8 Å². The van der Waals surface area contributed by atoms with Gasteiger partial charge in [-0.15, -0.1) is 5.10 Å². The number of aromatic nitrogens is 3. The number of thioether (sulfide) groups is 1. The largest absolute Gasteiger partial charge is 0.341 e. The molecule has 0 spiro atoms. The van der Waals surface area contributed by atoms with Crippen molar-refractivity contribution in [1.82, 2.24) is 19.7 Å². The molecule has 5 rings (SSSR count). The quantitative estimate of drug-likeness (QED) is 0.564. The predicted molar refractivity (Wildman–Crippen MR) is 114 cm³/mol. The third-order valence-corrected chi connectivity index (χ3v) is 6.62. The number of para-hydroxylation sites is 1. The highest BCUT2D eigenvalue weighted by molar-refractivity contribution is 8.00. The highest BCUT2D eigenvalue weighted by Crippen LogP contribution is 2.42. The van der Waals surface area contributed by atoms with Crippen molar-refractivity contribution >= 4 is 17.7 Å². The Labute approximate surface area is 175 Å². The number of hydrogen-bond donors (Lipinski definition) is 0. The molecule has 0 radical (unpaired) electrons. The second-order valence-corrected chi connectivity index (χ2v) is 8.79. The van der Waals surface area contributed by atoms with E-state index in [1.54, 1.807) is 0 Å². The molecule has 1 saturated carbocycles. The van der Waals surface area contributed by atoms with Crippen molar-refractivity contribution in [3.63, 3.8) is 0 Å². The minimum absolute atomic E-state index is 0.169. The van der Waals surface area contributed by atoms with Crippen LogP contribution in [0.2, 0.25) is 0 Å². The fourth-order valence-electron chi connectivity index (χ4n) is 3.82. The van der Waals surface area contributed by atoms with Crippen LogP contribution in [0.15, 0.2) is 65.8 Å². The maximum atomic E-state index is 13.3. The van der Waals surface area contributed by atoms with Crippen LogP contribution >= 0.6 is 11.8 Å². The first-order valence-corrected chi connectivity index (χ1v) is 11.2. The SMILES string of the molecule is O=C(C(Sc1nc(C2CC2)n(-c2ccccc2)n1)c1ccccc1)N1CCCC1. The molecule has 1 aliphatic carbocycles. The number of hydrogen-bond acceptors (Lipinski definition) is 4. The van der Waals surface area contributed by atoms with Gasteiger partial charge in [-0.25, -0.2) is 9.67 Å². The van der Waals surface area contributed by atoms with E-state index >= 15 is 0 Å². The Balaban J connectivity index is 1.48. The molecular weight excluding hydrogens is 380 g/mol. The second kappa shape index (κ2) is 8.03. The van der Waals surface area contributed by atoms with Crippen molar-refractivity contribution < 1.29 is 4.79 Å². The highest BCUT2D eigenvalue weighted by atomic mass is 32.2. The zero-order chi connectivity index (χ0) is 19.6. The highest BCUT2D eigenvalue weighted by Gasteiger charge is 2.33. The Kier molecular flexibility index (Phi) is 5.10. The lowest BCUT2D eigenvalue weighted by Crippen LogP contribution is -2.31. The van der Waals surface area contributed by atoms with Crippen LogP contribution < -0.4 is 0 Å². The van der Waals surface area contributed by atoms with Gasteiger partial charge in [-0.3, -0.25) is 4.79 Å². The first-order chi connectivity index (χ1) is 14.3. The summed E-state index contributed by atoms with van der Waals surface area (Å²) >= 11 is 1.48. The lowest BCUT2D eigenvalue weighted by molar-refractivity contribution is -0.129. The maximum Gasteiger partial charge on any atom is 0.240 e. The van der Waals surface area contributed by atoms with Crippen molar-refractivity contribution in [3.05, 3.63) is 72.1 Å². The van der Waals surface area contributed by atoms with Gasteiger partial charge in [-0.2, -0.15) is 0 Å². The molecular formula is C23H24N4OS. The third kappa shape index (κ3) is 3.94. The summed E-state index contributed by atoms with van der Waals surface area (Å²) in [6.45, 7) is 1.70. The van der Waals surface area contributed by atoms with Gasteiger partial charge in [-0.05, 0) is 43.4 Å². The summed E-state index contributed by atoms with van der Waals surface area (Å²) in [5.41, 5.74) is 2.04. The molecule has 1 aliphatic heterocycles. The van der Waals surface area contributed by atoms with Crippen LogP contribution in [0.5, 0.6) is 0 Å². The predicted octanol–water partition coefficient (Wildman–Crippen LogP) is 4.60. The molecule has 29 heavy (non-hydrogen) atoms. The van der Waals surface area contributed by atoms with Gasteiger partial charge >= 0.3 is 0 Å². The van der Waals surface area contributed by atoms with Gasteiger partial charge in [0.1, 0.15) is 11.1 Å². The van der Waals surface area contributed by atoms with Crippen LogP contribution in [0.1, 0.15) is 48.2 Å². The summed E-state index contributed by atoms with van der Waals surface area (Å²) in [4.78, 5) is 20.2. The molecule has 1 saturated heterocycles. The zero-order valence-electron chi connectivity index (χ0n) is 16.3. The number of benzene rings is 2.